The zero-order valence-electron chi connectivity index (χ0n) is 9.21. The van der Waals surface area contributed by atoms with Gasteiger partial charge in [0.05, 0.1) is 26.7 Å². The van der Waals surface area contributed by atoms with E-state index in [1.807, 2.05) is 46.9 Å². The number of aromatic nitrogens is 3. The van der Waals surface area contributed by atoms with Crippen molar-refractivity contribution in [1.82, 2.24) is 14.5 Å². The SMILES string of the molecule is O=c1c(I)cncn1Cc1nc2ccccc2s1. The molecule has 0 unspecified atom stereocenters. The minimum atomic E-state index is -0.0233. The topological polar surface area (TPSA) is 47.8 Å². The first kappa shape index (κ1) is 11.8. The van der Waals surface area contributed by atoms with Crippen molar-refractivity contribution in [2.24, 2.45) is 0 Å². The molecule has 6 heteroatoms. The van der Waals surface area contributed by atoms with Gasteiger partial charge >= 0.3 is 0 Å². The van der Waals surface area contributed by atoms with E-state index in [-0.39, 0.29) is 5.56 Å². The van der Waals surface area contributed by atoms with Crippen LogP contribution in [0.5, 0.6) is 0 Å². The van der Waals surface area contributed by atoms with Crippen molar-refractivity contribution < 1.29 is 0 Å². The highest BCUT2D eigenvalue weighted by Crippen LogP contribution is 2.21. The van der Waals surface area contributed by atoms with Crippen molar-refractivity contribution in [2.75, 3.05) is 0 Å². The monoisotopic (exact) mass is 369 g/mol. The molecule has 0 N–H and O–H groups in total. The quantitative estimate of drug-likeness (QED) is 0.653. The molecule has 0 fully saturated rings. The zero-order chi connectivity index (χ0) is 12.5. The van der Waals surface area contributed by atoms with Gasteiger partial charge in [0.15, 0.2) is 0 Å². The van der Waals surface area contributed by atoms with Crippen molar-refractivity contribution in [2.45, 2.75) is 6.54 Å². The summed E-state index contributed by atoms with van der Waals surface area (Å²) in [6, 6.07) is 7.96. The fourth-order valence-corrected chi connectivity index (χ4v) is 3.11. The number of hydrogen-bond donors (Lipinski definition) is 0. The fourth-order valence-electron chi connectivity index (χ4n) is 1.67. The van der Waals surface area contributed by atoms with Gasteiger partial charge in [-0.05, 0) is 34.7 Å². The third-order valence-corrected chi connectivity index (χ3v) is 4.26. The number of halogens is 1. The summed E-state index contributed by atoms with van der Waals surface area (Å²) < 4.78 is 3.34. The molecule has 18 heavy (non-hydrogen) atoms. The van der Waals surface area contributed by atoms with Gasteiger partial charge in [-0.1, -0.05) is 12.1 Å². The van der Waals surface area contributed by atoms with E-state index in [0.29, 0.717) is 10.1 Å². The Balaban J connectivity index is 2.01. The summed E-state index contributed by atoms with van der Waals surface area (Å²) in [7, 11) is 0. The van der Waals surface area contributed by atoms with Crippen LogP contribution in [0.1, 0.15) is 5.01 Å². The number of para-hydroxylation sites is 1. The van der Waals surface area contributed by atoms with Crippen molar-refractivity contribution in [3.05, 3.63) is 55.7 Å². The molecule has 0 saturated heterocycles. The summed E-state index contributed by atoms with van der Waals surface area (Å²) >= 11 is 3.60. The third kappa shape index (κ3) is 2.17. The molecular weight excluding hydrogens is 361 g/mol. The normalized spacial score (nSPS) is 10.9. The second-order valence-electron chi connectivity index (χ2n) is 3.75. The van der Waals surface area contributed by atoms with Crippen molar-refractivity contribution >= 4 is 44.1 Å². The molecule has 3 rings (SSSR count). The van der Waals surface area contributed by atoms with E-state index >= 15 is 0 Å². The van der Waals surface area contributed by atoms with Crippen molar-refractivity contribution in [3.8, 4) is 0 Å². The number of nitrogens with zero attached hydrogens (tertiary/aromatic N) is 3. The number of hydrogen-bond acceptors (Lipinski definition) is 4. The summed E-state index contributed by atoms with van der Waals surface area (Å²) in [5.74, 6) is 0. The van der Waals surface area contributed by atoms with Gasteiger partial charge in [-0.3, -0.25) is 9.36 Å². The molecule has 0 spiro atoms. The lowest BCUT2D eigenvalue weighted by molar-refractivity contribution is 0.727. The van der Waals surface area contributed by atoms with Crippen LogP contribution in [0, 0.1) is 3.57 Å². The zero-order valence-corrected chi connectivity index (χ0v) is 12.2. The van der Waals surface area contributed by atoms with E-state index in [4.69, 9.17) is 0 Å². The summed E-state index contributed by atoms with van der Waals surface area (Å²) in [5.41, 5.74) is 0.953. The Hall–Kier alpha value is -1.28. The lowest BCUT2D eigenvalue weighted by atomic mass is 10.3. The van der Waals surface area contributed by atoms with Crippen molar-refractivity contribution in [3.63, 3.8) is 0 Å². The van der Waals surface area contributed by atoms with E-state index in [0.717, 1.165) is 15.2 Å². The van der Waals surface area contributed by atoms with Crippen LogP contribution in [0.3, 0.4) is 0 Å². The molecule has 2 aromatic heterocycles. The Morgan fingerprint density at radius 2 is 2.17 bits per heavy atom. The van der Waals surface area contributed by atoms with Crippen LogP contribution in [0.2, 0.25) is 0 Å². The smallest absolute Gasteiger partial charge is 0.267 e. The standard InChI is InChI=1S/C12H8IN3OS/c13-8-5-14-7-16(12(8)17)6-11-15-9-3-1-2-4-10(9)18-11/h1-5,7H,6H2. The average Bonchev–Trinajstić information content (AvgIpc) is 2.77. The number of fused-ring (bicyclic) bond motifs is 1. The molecule has 0 aliphatic rings. The molecule has 4 nitrogen and oxygen atoms in total. The Morgan fingerprint density at radius 3 is 3.00 bits per heavy atom. The molecule has 0 aliphatic heterocycles. The maximum atomic E-state index is 11.9. The minimum absolute atomic E-state index is 0.0233. The number of benzene rings is 1. The van der Waals surface area contributed by atoms with Gasteiger partial charge in [0.1, 0.15) is 5.01 Å². The first-order chi connectivity index (χ1) is 8.74. The van der Waals surface area contributed by atoms with E-state index in [1.165, 1.54) is 0 Å². The predicted octanol–water partition coefficient (Wildman–Crippen LogP) is 2.51. The van der Waals surface area contributed by atoms with Gasteiger partial charge in [0.25, 0.3) is 5.56 Å². The molecular formula is C12H8IN3OS. The van der Waals surface area contributed by atoms with Crippen LogP contribution >= 0.6 is 33.9 Å². The molecule has 2 heterocycles. The lowest BCUT2D eigenvalue weighted by Gasteiger charge is -2.01. The summed E-state index contributed by atoms with van der Waals surface area (Å²) in [6.07, 6.45) is 3.12. The van der Waals surface area contributed by atoms with Gasteiger partial charge in [0.2, 0.25) is 0 Å². The Bertz CT molecular complexity index is 732. The van der Waals surface area contributed by atoms with E-state index in [1.54, 1.807) is 28.4 Å². The van der Waals surface area contributed by atoms with Gasteiger partial charge in [-0.2, -0.15) is 0 Å². The van der Waals surface area contributed by atoms with E-state index in [2.05, 4.69) is 9.97 Å². The average molecular weight is 369 g/mol. The summed E-state index contributed by atoms with van der Waals surface area (Å²) in [5, 5.41) is 0.919. The predicted molar refractivity (Wildman–Crippen MR) is 79.9 cm³/mol. The van der Waals surface area contributed by atoms with Crippen LogP contribution in [0.15, 0.2) is 41.6 Å². The summed E-state index contributed by atoms with van der Waals surface area (Å²) in [6.45, 7) is 0.474. The third-order valence-electron chi connectivity index (χ3n) is 2.50. The first-order valence-electron chi connectivity index (χ1n) is 5.28. The molecule has 0 atom stereocenters. The van der Waals surface area contributed by atoms with E-state index in [9.17, 15) is 4.79 Å². The molecule has 0 radical (unpaired) electrons. The second-order valence-corrected chi connectivity index (χ2v) is 6.03. The maximum Gasteiger partial charge on any atom is 0.267 e. The molecule has 0 aliphatic carbocycles. The second kappa shape index (κ2) is 4.77. The Labute approximate surface area is 120 Å². The lowest BCUT2D eigenvalue weighted by Crippen LogP contribution is -2.22. The minimum Gasteiger partial charge on any atom is -0.291 e. The molecule has 1 aromatic carbocycles. The number of rotatable bonds is 2. The van der Waals surface area contributed by atoms with Gasteiger partial charge in [0, 0.05) is 6.20 Å². The molecule has 0 bridgehead atoms. The van der Waals surface area contributed by atoms with E-state index < -0.39 is 0 Å². The summed E-state index contributed by atoms with van der Waals surface area (Å²) in [4.78, 5) is 20.4. The van der Waals surface area contributed by atoms with Gasteiger partial charge < -0.3 is 0 Å². The molecule has 90 valence electrons. The van der Waals surface area contributed by atoms with Crippen molar-refractivity contribution in [1.29, 1.82) is 0 Å². The number of thiazole rings is 1. The van der Waals surface area contributed by atoms with Crippen LogP contribution in [-0.2, 0) is 6.54 Å². The molecule has 3 aromatic rings. The van der Waals surface area contributed by atoms with Crippen LogP contribution in [0.25, 0.3) is 10.2 Å². The fraction of sp³-hybridized carbons (Fsp3) is 0.0833. The largest absolute Gasteiger partial charge is 0.291 e. The highest BCUT2D eigenvalue weighted by molar-refractivity contribution is 14.1. The Kier molecular flexibility index (Phi) is 3.13. The molecule has 0 amide bonds. The van der Waals surface area contributed by atoms with Crippen LogP contribution in [0.4, 0.5) is 0 Å². The highest BCUT2D eigenvalue weighted by Gasteiger charge is 2.06. The maximum absolute atomic E-state index is 11.9. The van der Waals surface area contributed by atoms with Crippen LogP contribution in [-0.4, -0.2) is 14.5 Å². The van der Waals surface area contributed by atoms with Gasteiger partial charge in [-0.25, -0.2) is 9.97 Å². The molecule has 0 saturated carbocycles. The Morgan fingerprint density at radius 1 is 1.33 bits per heavy atom. The first-order valence-corrected chi connectivity index (χ1v) is 7.18. The van der Waals surface area contributed by atoms with Gasteiger partial charge in [-0.15, -0.1) is 11.3 Å². The highest BCUT2D eigenvalue weighted by atomic mass is 127. The van der Waals surface area contributed by atoms with Crippen LogP contribution < -0.4 is 5.56 Å².